The van der Waals surface area contributed by atoms with Gasteiger partial charge in [-0.05, 0) is 80.1 Å². The van der Waals surface area contributed by atoms with E-state index in [0.717, 1.165) is 48.8 Å². The van der Waals surface area contributed by atoms with Crippen molar-refractivity contribution in [3.8, 4) is 5.75 Å². The van der Waals surface area contributed by atoms with E-state index in [-0.39, 0.29) is 24.2 Å². The van der Waals surface area contributed by atoms with Crippen LogP contribution in [0.4, 0.5) is 4.39 Å². The third-order valence-corrected chi connectivity index (χ3v) is 6.67. The lowest BCUT2D eigenvalue weighted by atomic mass is 9.82. The van der Waals surface area contributed by atoms with Crippen LogP contribution in [0, 0.1) is 11.7 Å². The van der Waals surface area contributed by atoms with Gasteiger partial charge in [-0.2, -0.15) is 0 Å². The van der Waals surface area contributed by atoms with Gasteiger partial charge in [0.2, 0.25) is 5.91 Å². The molecule has 1 amide bonds. The number of benzene rings is 2. The minimum absolute atomic E-state index is 0.00958. The van der Waals surface area contributed by atoms with E-state index in [1.54, 1.807) is 17.0 Å². The minimum atomic E-state index is -0.309. The standard InChI is InChI=1S/C25H30ClFN2O2/c1-28(25(30)14-18-5-4-6-21(27)11-18)16-19-12-23(13-19)31-22-8-7-20(24(26)15-22)17-29-9-2-3-10-29/h4-8,11,15,19,23H,2-3,9-10,12-14,16-17H2,1H3. The van der Waals surface area contributed by atoms with Gasteiger partial charge in [0.15, 0.2) is 0 Å². The Labute approximate surface area is 188 Å². The number of ether oxygens (including phenoxy) is 1. The van der Waals surface area contributed by atoms with Crippen LogP contribution in [0.25, 0.3) is 0 Å². The van der Waals surface area contributed by atoms with E-state index in [2.05, 4.69) is 11.0 Å². The van der Waals surface area contributed by atoms with E-state index in [0.29, 0.717) is 18.0 Å². The summed E-state index contributed by atoms with van der Waals surface area (Å²) >= 11 is 6.49. The second-order valence-electron chi connectivity index (χ2n) is 8.89. The van der Waals surface area contributed by atoms with Crippen LogP contribution in [0.5, 0.6) is 5.75 Å². The molecule has 1 aliphatic heterocycles. The molecule has 0 unspecified atom stereocenters. The van der Waals surface area contributed by atoms with Gasteiger partial charge in [0, 0.05) is 25.2 Å². The van der Waals surface area contributed by atoms with Gasteiger partial charge in [-0.25, -0.2) is 4.39 Å². The van der Waals surface area contributed by atoms with Crippen LogP contribution in [-0.2, 0) is 17.8 Å². The highest BCUT2D eigenvalue weighted by Crippen LogP contribution is 2.33. The molecule has 2 aromatic carbocycles. The van der Waals surface area contributed by atoms with Crippen LogP contribution in [0.1, 0.15) is 36.8 Å². The monoisotopic (exact) mass is 444 g/mol. The maximum Gasteiger partial charge on any atom is 0.226 e. The number of halogens is 2. The molecule has 31 heavy (non-hydrogen) atoms. The molecule has 166 valence electrons. The van der Waals surface area contributed by atoms with Gasteiger partial charge < -0.3 is 9.64 Å². The molecule has 0 N–H and O–H groups in total. The Morgan fingerprint density at radius 1 is 1.19 bits per heavy atom. The molecule has 0 atom stereocenters. The molecule has 0 bridgehead atoms. The number of carbonyl (C=O) groups is 1. The predicted octanol–water partition coefficient (Wildman–Crippen LogP) is 4.93. The summed E-state index contributed by atoms with van der Waals surface area (Å²) in [6.45, 7) is 3.90. The van der Waals surface area contributed by atoms with Crippen molar-refractivity contribution in [3.05, 3.63) is 64.4 Å². The summed E-state index contributed by atoms with van der Waals surface area (Å²) in [5, 5.41) is 0.767. The fraction of sp³-hybridized carbons (Fsp3) is 0.480. The fourth-order valence-electron chi connectivity index (χ4n) is 4.47. The van der Waals surface area contributed by atoms with Gasteiger partial charge in [0.05, 0.1) is 12.5 Å². The van der Waals surface area contributed by atoms with Crippen molar-refractivity contribution in [3.63, 3.8) is 0 Å². The van der Waals surface area contributed by atoms with Gasteiger partial charge in [0.25, 0.3) is 0 Å². The number of carbonyl (C=O) groups excluding carboxylic acids is 1. The van der Waals surface area contributed by atoms with E-state index in [1.165, 1.54) is 25.0 Å². The van der Waals surface area contributed by atoms with Crippen molar-refractivity contribution in [1.82, 2.24) is 9.80 Å². The molecule has 4 nitrogen and oxygen atoms in total. The number of likely N-dealkylation sites (N-methyl/N-ethyl adjacent to an activating group) is 1. The minimum Gasteiger partial charge on any atom is -0.490 e. The quantitative estimate of drug-likeness (QED) is 0.578. The van der Waals surface area contributed by atoms with Gasteiger partial charge >= 0.3 is 0 Å². The average Bonchev–Trinajstić information content (AvgIpc) is 3.21. The number of nitrogens with zero attached hydrogens (tertiary/aromatic N) is 2. The lowest BCUT2D eigenvalue weighted by Gasteiger charge is -2.37. The second-order valence-corrected chi connectivity index (χ2v) is 9.30. The molecule has 1 saturated heterocycles. The highest BCUT2D eigenvalue weighted by molar-refractivity contribution is 6.31. The maximum absolute atomic E-state index is 13.3. The van der Waals surface area contributed by atoms with Gasteiger partial charge in [0.1, 0.15) is 11.6 Å². The molecule has 1 aliphatic carbocycles. The first-order chi connectivity index (χ1) is 15.0. The molecule has 2 aliphatic rings. The molecular formula is C25H30ClFN2O2. The van der Waals surface area contributed by atoms with Crippen molar-refractivity contribution in [1.29, 1.82) is 0 Å². The lowest BCUT2D eigenvalue weighted by molar-refractivity contribution is -0.130. The number of likely N-dealkylation sites (tertiary alicyclic amines) is 1. The molecule has 2 aromatic rings. The number of hydrogen-bond acceptors (Lipinski definition) is 3. The molecule has 1 heterocycles. The first-order valence-corrected chi connectivity index (χ1v) is 11.5. The van der Waals surface area contributed by atoms with E-state index < -0.39 is 0 Å². The van der Waals surface area contributed by atoms with Crippen LogP contribution < -0.4 is 4.74 Å². The van der Waals surface area contributed by atoms with Crippen LogP contribution >= 0.6 is 11.6 Å². The van der Waals surface area contributed by atoms with Crippen LogP contribution in [-0.4, -0.2) is 48.5 Å². The van der Waals surface area contributed by atoms with Crippen molar-refractivity contribution < 1.29 is 13.9 Å². The van der Waals surface area contributed by atoms with Gasteiger partial charge in [-0.1, -0.05) is 29.8 Å². The summed E-state index contributed by atoms with van der Waals surface area (Å²) in [4.78, 5) is 16.6. The number of rotatable bonds is 8. The smallest absolute Gasteiger partial charge is 0.226 e. The van der Waals surface area contributed by atoms with E-state index >= 15 is 0 Å². The molecule has 4 rings (SSSR count). The van der Waals surface area contributed by atoms with Crippen LogP contribution in [0.2, 0.25) is 5.02 Å². The Kier molecular flexibility index (Phi) is 7.13. The van der Waals surface area contributed by atoms with Gasteiger partial charge in [-0.15, -0.1) is 0 Å². The zero-order chi connectivity index (χ0) is 21.8. The van der Waals surface area contributed by atoms with Crippen molar-refractivity contribution >= 4 is 17.5 Å². The highest BCUT2D eigenvalue weighted by Gasteiger charge is 2.32. The summed E-state index contributed by atoms with van der Waals surface area (Å²) in [5.74, 6) is 0.942. The predicted molar refractivity (Wildman–Crippen MR) is 121 cm³/mol. The van der Waals surface area contributed by atoms with Crippen molar-refractivity contribution in [2.75, 3.05) is 26.7 Å². The van der Waals surface area contributed by atoms with Crippen LogP contribution in [0.15, 0.2) is 42.5 Å². The molecule has 0 aromatic heterocycles. The first kappa shape index (κ1) is 22.1. The summed E-state index contributed by atoms with van der Waals surface area (Å²) in [6, 6.07) is 12.2. The summed E-state index contributed by atoms with van der Waals surface area (Å²) in [5.41, 5.74) is 1.86. The molecule has 0 spiro atoms. The maximum atomic E-state index is 13.3. The summed E-state index contributed by atoms with van der Waals surface area (Å²) in [6.07, 6.45) is 4.77. The SMILES string of the molecule is CN(CC1CC(Oc2ccc(CN3CCCC3)c(Cl)c2)C1)C(=O)Cc1cccc(F)c1. The molecule has 6 heteroatoms. The molecule has 1 saturated carbocycles. The normalized spacial score (nSPS) is 21.0. The Morgan fingerprint density at radius 2 is 1.97 bits per heavy atom. The largest absolute Gasteiger partial charge is 0.490 e. The Hall–Kier alpha value is -2.11. The number of hydrogen-bond donors (Lipinski definition) is 0. The topological polar surface area (TPSA) is 32.8 Å². The Bertz CT molecular complexity index is 910. The van der Waals surface area contributed by atoms with Crippen molar-refractivity contribution in [2.24, 2.45) is 5.92 Å². The van der Waals surface area contributed by atoms with Crippen LogP contribution in [0.3, 0.4) is 0 Å². The summed E-state index contributed by atoms with van der Waals surface area (Å²) < 4.78 is 19.4. The van der Waals surface area contributed by atoms with Gasteiger partial charge in [-0.3, -0.25) is 9.69 Å². The van der Waals surface area contributed by atoms with E-state index in [9.17, 15) is 9.18 Å². The summed E-state index contributed by atoms with van der Waals surface area (Å²) in [7, 11) is 1.81. The third-order valence-electron chi connectivity index (χ3n) is 6.31. The zero-order valence-corrected chi connectivity index (χ0v) is 18.8. The Morgan fingerprint density at radius 3 is 2.68 bits per heavy atom. The highest BCUT2D eigenvalue weighted by atomic mass is 35.5. The zero-order valence-electron chi connectivity index (χ0n) is 18.0. The third kappa shape index (κ3) is 5.98. The lowest BCUT2D eigenvalue weighted by Crippen LogP contribution is -2.42. The number of amides is 1. The molecule has 2 fully saturated rings. The average molecular weight is 445 g/mol. The molecule has 0 radical (unpaired) electrons. The van der Waals surface area contributed by atoms with E-state index in [4.69, 9.17) is 16.3 Å². The fourth-order valence-corrected chi connectivity index (χ4v) is 4.70. The second kappa shape index (κ2) is 10.0. The van der Waals surface area contributed by atoms with E-state index in [1.807, 2.05) is 19.2 Å². The van der Waals surface area contributed by atoms with Crippen molar-refractivity contribution in [2.45, 2.75) is 44.8 Å². The first-order valence-electron chi connectivity index (χ1n) is 11.1. The Balaban J connectivity index is 1.20. The molecular weight excluding hydrogens is 415 g/mol.